The first-order valence-corrected chi connectivity index (χ1v) is 11.0. The minimum absolute atomic E-state index is 0.152. The third-order valence-corrected chi connectivity index (χ3v) is 5.92. The summed E-state index contributed by atoms with van der Waals surface area (Å²) < 4.78 is 11.2. The van der Waals surface area contributed by atoms with Crippen LogP contribution < -0.4 is 25.0 Å². The van der Waals surface area contributed by atoms with E-state index in [-0.39, 0.29) is 12.1 Å². The van der Waals surface area contributed by atoms with Crippen LogP contribution in [0.25, 0.3) is 0 Å². The highest BCUT2D eigenvalue weighted by atomic mass is 32.1. The molecule has 0 aliphatic carbocycles. The molecular formula is C24H34N3O2S+. The molecule has 2 aromatic carbocycles. The maximum Gasteiger partial charge on any atom is 0.166 e. The van der Waals surface area contributed by atoms with Crippen LogP contribution in [-0.2, 0) is 13.0 Å². The van der Waals surface area contributed by atoms with E-state index < -0.39 is 0 Å². The van der Waals surface area contributed by atoms with Gasteiger partial charge in [-0.05, 0) is 50.7 Å². The molecule has 3 N–H and O–H groups in total. The summed E-state index contributed by atoms with van der Waals surface area (Å²) >= 11 is 5.55. The molecule has 1 unspecified atom stereocenters. The van der Waals surface area contributed by atoms with Gasteiger partial charge in [-0.2, -0.15) is 0 Å². The number of hydrogen-bond acceptors (Lipinski definition) is 3. The van der Waals surface area contributed by atoms with Crippen molar-refractivity contribution in [1.82, 2.24) is 10.6 Å². The molecule has 0 bridgehead atoms. The lowest BCUT2D eigenvalue weighted by Gasteiger charge is -2.38. The second-order valence-electron chi connectivity index (χ2n) is 8.27. The first-order valence-electron chi connectivity index (χ1n) is 10.6. The number of nitrogens with one attached hydrogen (secondary N) is 3. The van der Waals surface area contributed by atoms with Gasteiger partial charge in [0.15, 0.2) is 16.6 Å². The molecule has 1 aliphatic rings. The van der Waals surface area contributed by atoms with Gasteiger partial charge in [0, 0.05) is 23.6 Å². The smallest absolute Gasteiger partial charge is 0.166 e. The van der Waals surface area contributed by atoms with Gasteiger partial charge >= 0.3 is 0 Å². The van der Waals surface area contributed by atoms with Gasteiger partial charge in [-0.15, -0.1) is 0 Å². The van der Waals surface area contributed by atoms with Crippen LogP contribution in [0.3, 0.4) is 0 Å². The Kier molecular flexibility index (Phi) is 7.56. The topological polar surface area (TPSA) is 47.0 Å². The predicted molar refractivity (Wildman–Crippen MR) is 125 cm³/mol. The number of rotatable bonds is 7. The van der Waals surface area contributed by atoms with Crippen molar-refractivity contribution in [2.45, 2.75) is 51.9 Å². The van der Waals surface area contributed by atoms with Gasteiger partial charge in [0.2, 0.25) is 0 Å². The Morgan fingerprint density at radius 2 is 1.73 bits per heavy atom. The molecule has 2 aromatic rings. The molecule has 162 valence electrons. The van der Waals surface area contributed by atoms with E-state index in [0.29, 0.717) is 11.2 Å². The number of hydrogen-bond donors (Lipinski definition) is 3. The summed E-state index contributed by atoms with van der Waals surface area (Å²) in [5, 5.41) is 7.54. The minimum atomic E-state index is 0.152. The molecule has 0 aromatic heterocycles. The van der Waals surface area contributed by atoms with Crippen LogP contribution >= 0.6 is 12.2 Å². The van der Waals surface area contributed by atoms with Crippen LogP contribution in [0.1, 0.15) is 43.5 Å². The number of benzene rings is 2. The molecule has 3 atom stereocenters. The number of ether oxygens (including phenoxy) is 2. The zero-order chi connectivity index (χ0) is 21.7. The van der Waals surface area contributed by atoms with Crippen LogP contribution in [0.2, 0.25) is 0 Å². The molecule has 30 heavy (non-hydrogen) atoms. The van der Waals surface area contributed by atoms with Crippen LogP contribution in [-0.4, -0.2) is 38.0 Å². The molecule has 0 saturated heterocycles. The maximum atomic E-state index is 5.62. The normalized spacial score (nSPS) is 19.0. The van der Waals surface area contributed by atoms with Crippen LogP contribution in [0, 0.1) is 0 Å². The van der Waals surface area contributed by atoms with E-state index in [2.05, 4.69) is 73.9 Å². The van der Waals surface area contributed by atoms with E-state index in [4.69, 9.17) is 21.7 Å². The van der Waals surface area contributed by atoms with Crippen LogP contribution in [0.15, 0.2) is 42.5 Å². The first-order chi connectivity index (χ1) is 14.4. The van der Waals surface area contributed by atoms with Crippen LogP contribution in [0.4, 0.5) is 0 Å². The second kappa shape index (κ2) is 10.1. The fourth-order valence-electron chi connectivity index (χ4n) is 4.39. The first kappa shape index (κ1) is 22.4. The Balaban J connectivity index is 1.95. The minimum Gasteiger partial charge on any atom is -0.493 e. The lowest BCUT2D eigenvalue weighted by Crippen LogP contribution is -3.13. The summed E-state index contributed by atoms with van der Waals surface area (Å²) in [6.07, 6.45) is 1.01. The standard InChI is InChI=1S/C24H33N3O2S/c1-16(2)25-24(30)26-17(3)23-20-14-22(29-5)21(28-4)13-19(20)11-12-27(23)15-18-9-7-6-8-10-18/h6-10,13-14,16-17,23H,11-12,15H2,1-5H3,(H2,25,26,30)/p+1/t17-,23-/m1/s1. The summed E-state index contributed by atoms with van der Waals surface area (Å²) in [5.41, 5.74) is 3.97. The zero-order valence-corrected chi connectivity index (χ0v) is 19.4. The summed E-state index contributed by atoms with van der Waals surface area (Å²) in [4.78, 5) is 1.52. The van der Waals surface area contributed by atoms with E-state index >= 15 is 0 Å². The van der Waals surface area contributed by atoms with Gasteiger partial charge in [0.05, 0.1) is 26.8 Å². The SMILES string of the molecule is COc1cc2c(cc1OC)[C@@H]([C@@H](C)NC(=S)NC(C)C)[NH+](Cc1ccccc1)CC2. The van der Waals surface area contributed by atoms with Crippen molar-refractivity contribution in [2.24, 2.45) is 0 Å². The molecule has 1 aliphatic heterocycles. The van der Waals surface area contributed by atoms with E-state index in [1.54, 1.807) is 14.2 Å². The maximum absolute atomic E-state index is 5.62. The monoisotopic (exact) mass is 428 g/mol. The average molecular weight is 429 g/mol. The van der Waals surface area contributed by atoms with E-state index in [1.165, 1.54) is 21.6 Å². The highest BCUT2D eigenvalue weighted by Gasteiger charge is 2.36. The summed E-state index contributed by atoms with van der Waals surface area (Å²) in [6.45, 7) is 8.43. The van der Waals surface area contributed by atoms with Gasteiger partial charge in [0.25, 0.3) is 0 Å². The van der Waals surface area contributed by atoms with Crippen molar-refractivity contribution in [2.75, 3.05) is 20.8 Å². The average Bonchev–Trinajstić information content (AvgIpc) is 2.72. The number of quaternary nitrogens is 1. The predicted octanol–water partition coefficient (Wildman–Crippen LogP) is 2.65. The molecule has 0 radical (unpaired) electrons. The van der Waals surface area contributed by atoms with Crippen molar-refractivity contribution in [3.05, 3.63) is 59.2 Å². The van der Waals surface area contributed by atoms with Crippen molar-refractivity contribution < 1.29 is 14.4 Å². The molecule has 1 heterocycles. The largest absolute Gasteiger partial charge is 0.493 e. The lowest BCUT2D eigenvalue weighted by atomic mass is 9.87. The fraction of sp³-hybridized carbons (Fsp3) is 0.458. The summed E-state index contributed by atoms with van der Waals surface area (Å²) in [7, 11) is 3.39. The van der Waals surface area contributed by atoms with Gasteiger partial charge in [0.1, 0.15) is 12.6 Å². The third-order valence-electron chi connectivity index (χ3n) is 5.69. The molecule has 0 spiro atoms. The number of methoxy groups -OCH3 is 2. The Hall–Kier alpha value is -2.31. The molecule has 3 rings (SSSR count). The molecule has 5 nitrogen and oxygen atoms in total. The fourth-order valence-corrected chi connectivity index (χ4v) is 4.81. The molecular weight excluding hydrogens is 394 g/mol. The molecule has 0 saturated carbocycles. The quantitative estimate of drug-likeness (QED) is 0.592. The second-order valence-corrected chi connectivity index (χ2v) is 8.67. The lowest BCUT2D eigenvalue weighted by molar-refractivity contribution is -0.948. The highest BCUT2D eigenvalue weighted by molar-refractivity contribution is 7.80. The van der Waals surface area contributed by atoms with Crippen molar-refractivity contribution in [1.29, 1.82) is 0 Å². The summed E-state index contributed by atoms with van der Waals surface area (Å²) in [5.74, 6) is 1.57. The Bertz CT molecular complexity index is 857. The van der Waals surface area contributed by atoms with Gasteiger partial charge in [-0.3, -0.25) is 0 Å². The van der Waals surface area contributed by atoms with Gasteiger partial charge in [-0.1, -0.05) is 30.3 Å². The number of thiocarbonyl (C=S) groups is 1. The van der Waals surface area contributed by atoms with Gasteiger partial charge in [-0.25, -0.2) is 0 Å². The Morgan fingerprint density at radius 1 is 1.07 bits per heavy atom. The molecule has 6 heteroatoms. The number of fused-ring (bicyclic) bond motifs is 1. The van der Waals surface area contributed by atoms with E-state index in [0.717, 1.165) is 31.0 Å². The van der Waals surface area contributed by atoms with Crippen LogP contribution in [0.5, 0.6) is 11.5 Å². The van der Waals surface area contributed by atoms with E-state index in [9.17, 15) is 0 Å². The Labute approximate surface area is 185 Å². The zero-order valence-electron chi connectivity index (χ0n) is 18.6. The third kappa shape index (κ3) is 5.24. The highest BCUT2D eigenvalue weighted by Crippen LogP contribution is 2.35. The van der Waals surface area contributed by atoms with Gasteiger partial charge < -0.3 is 25.0 Å². The van der Waals surface area contributed by atoms with Crippen molar-refractivity contribution >= 4 is 17.3 Å². The molecule has 0 amide bonds. The van der Waals surface area contributed by atoms with Crippen molar-refractivity contribution in [3.63, 3.8) is 0 Å². The Morgan fingerprint density at radius 3 is 2.37 bits per heavy atom. The van der Waals surface area contributed by atoms with Crippen molar-refractivity contribution in [3.8, 4) is 11.5 Å². The summed E-state index contributed by atoms with van der Waals surface area (Å²) in [6, 6.07) is 15.7. The molecule has 0 fully saturated rings. The van der Waals surface area contributed by atoms with E-state index in [1.807, 2.05) is 0 Å².